The van der Waals surface area contributed by atoms with Crippen molar-refractivity contribution in [3.05, 3.63) is 59.5 Å². The molecule has 0 spiro atoms. The number of rotatable bonds is 3. The van der Waals surface area contributed by atoms with Gasteiger partial charge in [0.05, 0.1) is 23.1 Å². The quantitative estimate of drug-likeness (QED) is 0.685. The fraction of sp³-hybridized carbons (Fsp3) is 0.333. The number of benzene rings is 1. The molecular formula is C18H16F3N5O2. The van der Waals surface area contributed by atoms with Crippen LogP contribution in [-0.2, 0) is 6.18 Å². The van der Waals surface area contributed by atoms with Crippen LogP contribution in [0.2, 0.25) is 0 Å². The van der Waals surface area contributed by atoms with Crippen molar-refractivity contribution in [1.29, 1.82) is 0 Å². The molecule has 4 rings (SSSR count). The van der Waals surface area contributed by atoms with Crippen molar-refractivity contribution in [3.8, 4) is 5.69 Å². The van der Waals surface area contributed by atoms with E-state index in [9.17, 15) is 18.0 Å². The number of halogens is 3. The zero-order valence-electron chi connectivity index (χ0n) is 14.8. The standard InChI is InChI=1S/C18H16F3N5O2/c1-11-14(9-22-26(11)13-5-3-2-4-6-13)16(27)25-8-7-12(10-25)15-23-17(28-24-15)18(19,20)21/h2-6,9,12H,7-8,10H2,1H3/t12-/m1/s1. The fourth-order valence-electron chi connectivity index (χ4n) is 3.29. The molecule has 3 aromatic rings. The van der Waals surface area contributed by atoms with Crippen LogP contribution < -0.4 is 0 Å². The SMILES string of the molecule is Cc1c(C(=O)N2CC[C@@H](c3noc(C(F)(F)F)n3)C2)cnn1-c1ccccc1. The molecule has 0 N–H and O–H groups in total. The lowest BCUT2D eigenvalue weighted by Crippen LogP contribution is -2.29. The van der Waals surface area contributed by atoms with Crippen LogP contribution in [0.15, 0.2) is 41.1 Å². The highest BCUT2D eigenvalue weighted by atomic mass is 19.4. The predicted octanol–water partition coefficient (Wildman–Crippen LogP) is 3.21. The molecule has 3 heterocycles. The molecule has 146 valence electrons. The molecule has 0 aliphatic carbocycles. The van der Waals surface area contributed by atoms with Crippen molar-refractivity contribution in [1.82, 2.24) is 24.8 Å². The summed E-state index contributed by atoms with van der Waals surface area (Å²) in [6.45, 7) is 2.43. The van der Waals surface area contributed by atoms with E-state index in [0.717, 1.165) is 5.69 Å². The predicted molar refractivity (Wildman–Crippen MR) is 90.9 cm³/mol. The van der Waals surface area contributed by atoms with Crippen LogP contribution in [0, 0.1) is 6.92 Å². The molecule has 1 amide bonds. The van der Waals surface area contributed by atoms with Gasteiger partial charge in [0.25, 0.3) is 5.91 Å². The average molecular weight is 391 g/mol. The van der Waals surface area contributed by atoms with E-state index in [-0.39, 0.29) is 18.3 Å². The molecule has 0 radical (unpaired) electrons. The van der Waals surface area contributed by atoms with Gasteiger partial charge < -0.3 is 9.42 Å². The summed E-state index contributed by atoms with van der Waals surface area (Å²) in [6, 6.07) is 9.41. The first-order chi connectivity index (χ1) is 13.3. The molecule has 0 saturated carbocycles. The fourth-order valence-corrected chi connectivity index (χ4v) is 3.29. The number of carbonyl (C=O) groups is 1. The maximum Gasteiger partial charge on any atom is 0.471 e. The highest BCUT2D eigenvalue weighted by Gasteiger charge is 2.40. The summed E-state index contributed by atoms with van der Waals surface area (Å²) < 4.78 is 43.9. The highest BCUT2D eigenvalue weighted by molar-refractivity contribution is 5.95. The van der Waals surface area contributed by atoms with Gasteiger partial charge in [-0.2, -0.15) is 23.3 Å². The first-order valence-corrected chi connectivity index (χ1v) is 8.64. The lowest BCUT2D eigenvalue weighted by atomic mass is 10.1. The second-order valence-electron chi connectivity index (χ2n) is 6.58. The molecule has 1 saturated heterocycles. The number of aromatic nitrogens is 4. The first kappa shape index (κ1) is 18.2. The van der Waals surface area contributed by atoms with Crippen LogP contribution >= 0.6 is 0 Å². The molecule has 1 aliphatic rings. The number of hydrogen-bond acceptors (Lipinski definition) is 5. The van der Waals surface area contributed by atoms with Crippen molar-refractivity contribution in [2.75, 3.05) is 13.1 Å². The summed E-state index contributed by atoms with van der Waals surface area (Å²) in [5.41, 5.74) is 1.98. The Balaban J connectivity index is 1.50. The normalized spacial score (nSPS) is 17.3. The Bertz CT molecular complexity index is 996. The molecule has 0 unspecified atom stereocenters. The smallest absolute Gasteiger partial charge is 0.338 e. The zero-order valence-corrected chi connectivity index (χ0v) is 14.8. The van der Waals surface area contributed by atoms with E-state index in [2.05, 4.69) is 19.8 Å². The summed E-state index contributed by atoms with van der Waals surface area (Å²) >= 11 is 0. The van der Waals surface area contributed by atoms with Crippen LogP contribution in [0.1, 0.15) is 40.1 Å². The largest absolute Gasteiger partial charge is 0.471 e. The lowest BCUT2D eigenvalue weighted by Gasteiger charge is -2.15. The van der Waals surface area contributed by atoms with E-state index in [1.165, 1.54) is 6.20 Å². The van der Waals surface area contributed by atoms with E-state index in [4.69, 9.17) is 0 Å². The molecule has 28 heavy (non-hydrogen) atoms. The minimum absolute atomic E-state index is 0.0284. The molecule has 1 aliphatic heterocycles. The van der Waals surface area contributed by atoms with Gasteiger partial charge in [-0.1, -0.05) is 23.4 Å². The van der Waals surface area contributed by atoms with Crippen molar-refractivity contribution in [3.63, 3.8) is 0 Å². The van der Waals surface area contributed by atoms with Crippen LogP contribution in [0.5, 0.6) is 0 Å². The van der Waals surface area contributed by atoms with Gasteiger partial charge in [0.2, 0.25) is 0 Å². The minimum atomic E-state index is -4.68. The Hall–Kier alpha value is -3.17. The van der Waals surface area contributed by atoms with Crippen LogP contribution in [0.4, 0.5) is 13.2 Å². The number of carbonyl (C=O) groups excluding carboxylic acids is 1. The topological polar surface area (TPSA) is 77.1 Å². The van der Waals surface area contributed by atoms with Crippen LogP contribution in [0.25, 0.3) is 5.69 Å². The van der Waals surface area contributed by atoms with E-state index < -0.39 is 18.0 Å². The summed E-state index contributed by atoms with van der Waals surface area (Å²) in [4.78, 5) is 17.9. The minimum Gasteiger partial charge on any atom is -0.338 e. The zero-order chi connectivity index (χ0) is 19.9. The molecule has 0 bridgehead atoms. The third-order valence-electron chi connectivity index (χ3n) is 4.77. The third-order valence-corrected chi connectivity index (χ3v) is 4.77. The van der Waals surface area contributed by atoms with E-state index in [1.807, 2.05) is 30.3 Å². The van der Waals surface area contributed by atoms with Gasteiger partial charge in [0.15, 0.2) is 5.82 Å². The van der Waals surface area contributed by atoms with Gasteiger partial charge in [-0.15, -0.1) is 0 Å². The Morgan fingerprint density at radius 2 is 2.00 bits per heavy atom. The van der Waals surface area contributed by atoms with E-state index in [0.29, 0.717) is 24.2 Å². The molecule has 2 aromatic heterocycles. The molecule has 10 heteroatoms. The first-order valence-electron chi connectivity index (χ1n) is 8.64. The van der Waals surface area contributed by atoms with Crippen LogP contribution in [-0.4, -0.2) is 43.8 Å². The van der Waals surface area contributed by atoms with Crippen molar-refractivity contribution < 1.29 is 22.5 Å². The van der Waals surface area contributed by atoms with Crippen molar-refractivity contribution in [2.24, 2.45) is 0 Å². The molecule has 1 fully saturated rings. The number of para-hydroxylation sites is 1. The van der Waals surface area contributed by atoms with Crippen molar-refractivity contribution >= 4 is 5.91 Å². The van der Waals surface area contributed by atoms with E-state index >= 15 is 0 Å². The Labute approximate surface area is 157 Å². The summed E-state index contributed by atoms with van der Waals surface area (Å²) in [7, 11) is 0. The summed E-state index contributed by atoms with van der Waals surface area (Å²) in [5, 5.41) is 7.72. The average Bonchev–Trinajstić information content (AvgIpc) is 3.40. The van der Waals surface area contributed by atoms with Gasteiger partial charge in [-0.3, -0.25) is 4.79 Å². The second-order valence-corrected chi connectivity index (χ2v) is 6.58. The van der Waals surface area contributed by atoms with Gasteiger partial charge >= 0.3 is 12.1 Å². The van der Waals surface area contributed by atoms with E-state index in [1.54, 1.807) is 16.5 Å². The summed E-state index contributed by atoms with van der Waals surface area (Å²) in [5.74, 6) is -2.01. The van der Waals surface area contributed by atoms with Gasteiger partial charge in [0, 0.05) is 19.0 Å². The molecule has 1 aromatic carbocycles. The number of likely N-dealkylation sites (tertiary alicyclic amines) is 1. The third kappa shape index (κ3) is 3.25. The van der Waals surface area contributed by atoms with Gasteiger partial charge in [-0.25, -0.2) is 4.68 Å². The molecular weight excluding hydrogens is 375 g/mol. The number of hydrogen-bond donors (Lipinski definition) is 0. The van der Waals surface area contributed by atoms with Gasteiger partial charge in [-0.05, 0) is 25.5 Å². The maximum absolute atomic E-state index is 12.9. The number of nitrogens with zero attached hydrogens (tertiary/aromatic N) is 5. The molecule has 7 nitrogen and oxygen atoms in total. The number of alkyl halides is 3. The van der Waals surface area contributed by atoms with Gasteiger partial charge in [0.1, 0.15) is 0 Å². The summed E-state index contributed by atoms with van der Waals surface area (Å²) in [6.07, 6.45) is -2.70. The maximum atomic E-state index is 12.9. The lowest BCUT2D eigenvalue weighted by molar-refractivity contribution is -0.159. The molecule has 1 atom stereocenters. The van der Waals surface area contributed by atoms with Crippen molar-refractivity contribution in [2.45, 2.75) is 25.4 Å². The monoisotopic (exact) mass is 391 g/mol. The Kier molecular flexibility index (Phi) is 4.40. The Morgan fingerprint density at radius 3 is 2.68 bits per heavy atom. The second kappa shape index (κ2) is 6.77. The Morgan fingerprint density at radius 1 is 1.25 bits per heavy atom. The number of amides is 1. The van der Waals surface area contributed by atoms with Crippen LogP contribution in [0.3, 0.4) is 0 Å². The highest BCUT2D eigenvalue weighted by Crippen LogP contribution is 2.31.